The van der Waals surface area contributed by atoms with Crippen LogP contribution in [0.1, 0.15) is 26.3 Å². The van der Waals surface area contributed by atoms with Gasteiger partial charge in [-0.15, -0.1) is 0 Å². The van der Waals surface area contributed by atoms with Crippen LogP contribution in [0.5, 0.6) is 0 Å². The number of anilines is 1. The van der Waals surface area contributed by atoms with Crippen LogP contribution in [0.4, 0.5) is 5.95 Å². The van der Waals surface area contributed by atoms with E-state index in [1.807, 2.05) is 44.2 Å². The third-order valence-corrected chi connectivity index (χ3v) is 6.98. The summed E-state index contributed by atoms with van der Waals surface area (Å²) < 4.78 is 28.2. The van der Waals surface area contributed by atoms with E-state index in [-0.39, 0.29) is 35.8 Å². The molecule has 10 heteroatoms. The van der Waals surface area contributed by atoms with Gasteiger partial charge >= 0.3 is 0 Å². The number of H-pyrrole nitrogens is 1. The van der Waals surface area contributed by atoms with Crippen LogP contribution in [0, 0.1) is 5.92 Å². The minimum Gasteiger partial charge on any atom is -0.390 e. The van der Waals surface area contributed by atoms with E-state index in [0.29, 0.717) is 17.5 Å². The van der Waals surface area contributed by atoms with E-state index in [9.17, 15) is 18.3 Å². The highest BCUT2D eigenvalue weighted by atomic mass is 32.2. The lowest BCUT2D eigenvalue weighted by Gasteiger charge is -2.28. The number of nitrogens with one attached hydrogen (secondary N) is 2. The molecule has 9 nitrogen and oxygen atoms in total. The maximum atomic E-state index is 13.5. The van der Waals surface area contributed by atoms with Gasteiger partial charge in [0, 0.05) is 26.1 Å². The number of nitrogens with two attached hydrogens (primary N) is 1. The molecular weight excluding hydrogens is 442 g/mol. The predicted molar refractivity (Wildman–Crippen MR) is 128 cm³/mol. The van der Waals surface area contributed by atoms with Crippen LogP contribution >= 0.6 is 0 Å². The van der Waals surface area contributed by atoms with E-state index in [4.69, 9.17) is 5.73 Å². The molecule has 0 radical (unpaired) electrons. The van der Waals surface area contributed by atoms with Crippen molar-refractivity contribution in [2.75, 3.05) is 18.4 Å². The molecule has 2 atom stereocenters. The zero-order valence-corrected chi connectivity index (χ0v) is 19.8. The molecule has 2 aromatic carbocycles. The number of imidazole rings is 1. The number of aliphatic hydroxyl groups is 1. The molecule has 0 aliphatic heterocycles. The number of sulfonamides is 1. The molecule has 33 heavy (non-hydrogen) atoms. The number of carbonyl (C=O) groups excluding carboxylic acids is 1. The first kappa shape index (κ1) is 24.8. The van der Waals surface area contributed by atoms with Crippen molar-refractivity contribution in [2.24, 2.45) is 11.7 Å². The lowest BCUT2D eigenvalue weighted by Crippen LogP contribution is -2.47. The summed E-state index contributed by atoms with van der Waals surface area (Å²) in [4.78, 5) is 18.5. The van der Waals surface area contributed by atoms with Crippen LogP contribution in [-0.4, -0.2) is 58.9 Å². The van der Waals surface area contributed by atoms with Crippen molar-refractivity contribution in [2.45, 2.75) is 44.2 Å². The molecule has 3 rings (SSSR count). The monoisotopic (exact) mass is 473 g/mol. The maximum Gasteiger partial charge on any atom is 0.243 e. The maximum absolute atomic E-state index is 13.5. The topological polar surface area (TPSA) is 141 Å². The standard InChI is InChI=1S/C23H31N5O4S/c1-15(2)13-28(14-22(30)19(24)11-17-7-5-4-6-8-17)33(31,32)18-9-10-20-21(12-18)27-23(26-20)25-16(3)29/h4-10,12,15,19,22,30H,11,13-14,24H2,1-3H3,(H2,25,26,27,29). The fourth-order valence-corrected chi connectivity index (χ4v) is 5.22. The van der Waals surface area contributed by atoms with E-state index in [1.54, 1.807) is 6.07 Å². The Balaban J connectivity index is 1.83. The van der Waals surface area contributed by atoms with Crippen molar-refractivity contribution >= 4 is 32.9 Å². The average molecular weight is 474 g/mol. The molecule has 3 aromatic rings. The Morgan fingerprint density at radius 3 is 2.52 bits per heavy atom. The first-order valence-corrected chi connectivity index (χ1v) is 12.3. The first-order valence-electron chi connectivity index (χ1n) is 10.8. The molecule has 178 valence electrons. The zero-order valence-electron chi connectivity index (χ0n) is 19.0. The number of hydrogen-bond donors (Lipinski definition) is 4. The lowest BCUT2D eigenvalue weighted by atomic mass is 10.0. The number of carbonyl (C=O) groups is 1. The summed E-state index contributed by atoms with van der Waals surface area (Å²) >= 11 is 0. The summed E-state index contributed by atoms with van der Waals surface area (Å²) in [5, 5.41) is 13.3. The number of aliphatic hydroxyl groups excluding tert-OH is 1. The van der Waals surface area contributed by atoms with E-state index < -0.39 is 22.2 Å². The van der Waals surface area contributed by atoms with E-state index >= 15 is 0 Å². The number of fused-ring (bicyclic) bond motifs is 1. The second-order valence-electron chi connectivity index (χ2n) is 8.58. The van der Waals surface area contributed by atoms with Gasteiger partial charge < -0.3 is 15.8 Å². The SMILES string of the molecule is CC(=O)Nc1nc2ccc(S(=O)(=O)N(CC(C)C)CC(O)C(N)Cc3ccccc3)cc2[nH]1. The molecule has 0 bridgehead atoms. The number of hydrogen-bond acceptors (Lipinski definition) is 6. The van der Waals surface area contributed by atoms with Gasteiger partial charge in [0.25, 0.3) is 0 Å². The van der Waals surface area contributed by atoms with Crippen LogP contribution < -0.4 is 11.1 Å². The van der Waals surface area contributed by atoms with Gasteiger partial charge in [-0.25, -0.2) is 13.4 Å². The zero-order chi connectivity index (χ0) is 24.2. The average Bonchev–Trinajstić information content (AvgIpc) is 3.14. The van der Waals surface area contributed by atoms with Gasteiger partial charge in [-0.1, -0.05) is 44.2 Å². The summed E-state index contributed by atoms with van der Waals surface area (Å²) in [5.74, 6) is -0.00110. The number of amides is 1. The number of benzene rings is 2. The fourth-order valence-electron chi connectivity index (χ4n) is 3.57. The van der Waals surface area contributed by atoms with Crippen LogP contribution in [0.3, 0.4) is 0 Å². The third kappa shape index (κ3) is 6.38. The lowest BCUT2D eigenvalue weighted by molar-refractivity contribution is -0.114. The third-order valence-electron chi connectivity index (χ3n) is 5.15. The Labute approximate surface area is 194 Å². The molecule has 0 aliphatic carbocycles. The van der Waals surface area contributed by atoms with Gasteiger partial charge in [0.05, 0.1) is 22.0 Å². The van der Waals surface area contributed by atoms with Crippen LogP contribution in [0.25, 0.3) is 11.0 Å². The second-order valence-corrected chi connectivity index (χ2v) is 10.5. The largest absolute Gasteiger partial charge is 0.390 e. The van der Waals surface area contributed by atoms with Crippen LogP contribution in [0.2, 0.25) is 0 Å². The van der Waals surface area contributed by atoms with Crippen molar-refractivity contribution in [3.8, 4) is 0 Å². The van der Waals surface area contributed by atoms with Gasteiger partial charge in [0.2, 0.25) is 21.9 Å². The van der Waals surface area contributed by atoms with Gasteiger partial charge in [0.1, 0.15) is 0 Å². The number of rotatable bonds is 10. The molecule has 0 saturated carbocycles. The Morgan fingerprint density at radius 1 is 1.18 bits per heavy atom. The summed E-state index contributed by atoms with van der Waals surface area (Å²) in [6.45, 7) is 5.30. The molecule has 0 saturated heterocycles. The molecule has 0 spiro atoms. The Kier molecular flexibility index (Phi) is 7.85. The van der Waals surface area contributed by atoms with Crippen molar-refractivity contribution in [1.82, 2.24) is 14.3 Å². The quantitative estimate of drug-likeness (QED) is 0.355. The minimum atomic E-state index is -3.92. The predicted octanol–water partition coefficient (Wildman–Crippen LogP) is 2.10. The minimum absolute atomic E-state index is 0.0413. The number of aromatic amines is 1. The second kappa shape index (κ2) is 10.4. The Bertz CT molecular complexity index is 1190. The van der Waals surface area contributed by atoms with Gasteiger partial charge in [-0.2, -0.15) is 4.31 Å². The van der Waals surface area contributed by atoms with Gasteiger partial charge in [-0.3, -0.25) is 10.1 Å². The summed E-state index contributed by atoms with van der Waals surface area (Å²) in [5.41, 5.74) is 8.19. The molecule has 1 aromatic heterocycles. The van der Waals surface area contributed by atoms with Crippen LogP contribution in [0.15, 0.2) is 53.4 Å². The van der Waals surface area contributed by atoms with Crippen molar-refractivity contribution in [3.05, 3.63) is 54.1 Å². The molecule has 2 unspecified atom stereocenters. The molecule has 1 amide bonds. The van der Waals surface area contributed by atoms with Crippen molar-refractivity contribution < 1.29 is 18.3 Å². The van der Waals surface area contributed by atoms with Gasteiger partial charge in [-0.05, 0) is 36.1 Å². The number of nitrogens with zero attached hydrogens (tertiary/aromatic N) is 2. The summed E-state index contributed by atoms with van der Waals surface area (Å²) in [6, 6.07) is 13.4. The Morgan fingerprint density at radius 2 is 1.88 bits per heavy atom. The molecule has 0 fully saturated rings. The highest BCUT2D eigenvalue weighted by Gasteiger charge is 2.30. The van der Waals surface area contributed by atoms with Crippen molar-refractivity contribution in [1.29, 1.82) is 0 Å². The van der Waals surface area contributed by atoms with E-state index in [0.717, 1.165) is 5.56 Å². The molecule has 5 N–H and O–H groups in total. The van der Waals surface area contributed by atoms with Crippen molar-refractivity contribution in [3.63, 3.8) is 0 Å². The highest BCUT2D eigenvalue weighted by molar-refractivity contribution is 7.89. The first-order chi connectivity index (χ1) is 15.6. The fraction of sp³-hybridized carbons (Fsp3) is 0.391. The van der Waals surface area contributed by atoms with Gasteiger partial charge in [0.15, 0.2) is 0 Å². The summed E-state index contributed by atoms with van der Waals surface area (Å²) in [7, 11) is -3.92. The number of aromatic nitrogens is 2. The smallest absolute Gasteiger partial charge is 0.243 e. The van der Waals surface area contributed by atoms with E-state index in [2.05, 4.69) is 15.3 Å². The van der Waals surface area contributed by atoms with E-state index in [1.165, 1.54) is 23.4 Å². The molecule has 1 heterocycles. The summed E-state index contributed by atoms with van der Waals surface area (Å²) in [6.07, 6.45) is -0.607. The van der Waals surface area contributed by atoms with Crippen LogP contribution in [-0.2, 0) is 21.2 Å². The molecule has 0 aliphatic rings. The highest BCUT2D eigenvalue weighted by Crippen LogP contribution is 2.23. The normalized spacial score (nSPS) is 14.0. The Hall–Kier alpha value is -2.79. The molecular formula is C23H31N5O4S.